The minimum absolute atomic E-state index is 0.469. The lowest BCUT2D eigenvalue weighted by Gasteiger charge is -2.07. The van der Waals surface area contributed by atoms with Crippen molar-refractivity contribution in [1.29, 1.82) is 0 Å². The fourth-order valence-corrected chi connectivity index (χ4v) is 2.52. The van der Waals surface area contributed by atoms with Gasteiger partial charge in [-0.3, -0.25) is 0 Å². The first-order valence-corrected chi connectivity index (χ1v) is 6.40. The lowest BCUT2D eigenvalue weighted by molar-refractivity contribution is 0.357. The van der Waals surface area contributed by atoms with E-state index in [0.717, 1.165) is 34.9 Å². The summed E-state index contributed by atoms with van der Waals surface area (Å²) < 4.78 is 5.51. The molecule has 0 unspecified atom stereocenters. The average Bonchev–Trinajstić information content (AvgIpc) is 2.85. The third-order valence-electron chi connectivity index (χ3n) is 3.30. The van der Waals surface area contributed by atoms with Crippen LogP contribution in [0.25, 0.3) is 11.1 Å². The molecule has 2 aromatic rings. The van der Waals surface area contributed by atoms with E-state index in [9.17, 15) is 0 Å². The van der Waals surface area contributed by atoms with E-state index in [4.69, 9.17) is 22.1 Å². The Morgan fingerprint density at radius 3 is 2.67 bits per heavy atom. The number of hydrogen-bond acceptors (Lipinski definition) is 2. The van der Waals surface area contributed by atoms with Crippen LogP contribution in [0.1, 0.15) is 11.1 Å². The van der Waals surface area contributed by atoms with Crippen LogP contribution in [0.2, 0.25) is 5.02 Å². The van der Waals surface area contributed by atoms with Gasteiger partial charge in [-0.05, 0) is 40.5 Å². The number of hydrogen-bond donors (Lipinski definition) is 1. The molecule has 2 N–H and O–H groups in total. The molecule has 0 aliphatic carbocycles. The Morgan fingerprint density at radius 2 is 1.89 bits per heavy atom. The first-order valence-electron chi connectivity index (χ1n) is 6.02. The van der Waals surface area contributed by atoms with Crippen molar-refractivity contribution in [3.05, 3.63) is 52.5 Å². The summed E-state index contributed by atoms with van der Waals surface area (Å²) >= 11 is 6.19. The molecule has 1 heterocycles. The maximum atomic E-state index is 6.19. The Labute approximate surface area is 111 Å². The Hall–Kier alpha value is -1.51. The van der Waals surface area contributed by atoms with Crippen LogP contribution in [0, 0.1) is 0 Å². The number of fused-ring (bicyclic) bond motifs is 1. The highest BCUT2D eigenvalue weighted by molar-refractivity contribution is 6.31. The molecule has 3 rings (SSSR count). The van der Waals surface area contributed by atoms with Crippen molar-refractivity contribution in [1.82, 2.24) is 0 Å². The molecule has 0 fully saturated rings. The Morgan fingerprint density at radius 1 is 1.11 bits per heavy atom. The Balaban J connectivity index is 2.02. The molecule has 0 radical (unpaired) electrons. The summed E-state index contributed by atoms with van der Waals surface area (Å²) in [6, 6.07) is 12.3. The van der Waals surface area contributed by atoms with E-state index in [2.05, 4.69) is 18.2 Å². The fourth-order valence-electron chi connectivity index (χ4n) is 2.26. The smallest absolute Gasteiger partial charge is 0.122 e. The molecule has 0 bridgehead atoms. The summed E-state index contributed by atoms with van der Waals surface area (Å²) in [7, 11) is 0. The topological polar surface area (TPSA) is 35.2 Å². The van der Waals surface area contributed by atoms with Crippen molar-refractivity contribution in [2.45, 2.75) is 13.0 Å². The van der Waals surface area contributed by atoms with E-state index >= 15 is 0 Å². The van der Waals surface area contributed by atoms with Gasteiger partial charge in [0.15, 0.2) is 0 Å². The first-order chi connectivity index (χ1) is 8.78. The van der Waals surface area contributed by atoms with E-state index in [0.29, 0.717) is 6.54 Å². The van der Waals surface area contributed by atoms with Crippen molar-refractivity contribution in [3.63, 3.8) is 0 Å². The van der Waals surface area contributed by atoms with Crippen LogP contribution in [-0.4, -0.2) is 6.61 Å². The van der Waals surface area contributed by atoms with Crippen molar-refractivity contribution in [3.8, 4) is 16.9 Å². The molecule has 0 amide bonds. The van der Waals surface area contributed by atoms with Crippen LogP contribution in [0.5, 0.6) is 5.75 Å². The molecule has 18 heavy (non-hydrogen) atoms. The predicted octanol–water partition coefficient (Wildman–Crippen LogP) is 3.40. The summed E-state index contributed by atoms with van der Waals surface area (Å²) in [6.07, 6.45) is 0.984. The molecule has 0 atom stereocenters. The van der Waals surface area contributed by atoms with Crippen LogP contribution < -0.4 is 10.5 Å². The standard InChI is InChI=1S/C15H14ClNO/c16-14-8-11(1-2-13(14)9-17)10-3-4-15-12(7-10)5-6-18-15/h1-4,7-8H,5-6,9,17H2. The number of rotatable bonds is 2. The van der Waals surface area contributed by atoms with Gasteiger partial charge in [-0.2, -0.15) is 0 Å². The maximum Gasteiger partial charge on any atom is 0.122 e. The molecule has 2 aromatic carbocycles. The third-order valence-corrected chi connectivity index (χ3v) is 3.65. The quantitative estimate of drug-likeness (QED) is 0.897. The van der Waals surface area contributed by atoms with E-state index in [1.54, 1.807) is 0 Å². The van der Waals surface area contributed by atoms with Gasteiger partial charge in [0.25, 0.3) is 0 Å². The zero-order valence-corrected chi connectivity index (χ0v) is 10.7. The van der Waals surface area contributed by atoms with Gasteiger partial charge in [-0.15, -0.1) is 0 Å². The number of halogens is 1. The second kappa shape index (κ2) is 4.63. The minimum atomic E-state index is 0.469. The van der Waals surface area contributed by atoms with Gasteiger partial charge < -0.3 is 10.5 Å². The summed E-state index contributed by atoms with van der Waals surface area (Å²) in [5, 5.41) is 0.728. The van der Waals surface area contributed by atoms with Gasteiger partial charge in [-0.25, -0.2) is 0 Å². The zero-order valence-electron chi connectivity index (χ0n) is 9.95. The fraction of sp³-hybridized carbons (Fsp3) is 0.200. The van der Waals surface area contributed by atoms with Crippen LogP contribution in [0.3, 0.4) is 0 Å². The van der Waals surface area contributed by atoms with Gasteiger partial charge in [0, 0.05) is 18.0 Å². The number of ether oxygens (including phenoxy) is 1. The summed E-state index contributed by atoms with van der Waals surface area (Å²) in [5.41, 5.74) is 10.1. The summed E-state index contributed by atoms with van der Waals surface area (Å²) in [5.74, 6) is 1.00. The highest BCUT2D eigenvalue weighted by Gasteiger charge is 2.12. The lowest BCUT2D eigenvalue weighted by Crippen LogP contribution is -1.96. The lowest BCUT2D eigenvalue weighted by atomic mass is 10.0. The van der Waals surface area contributed by atoms with Gasteiger partial charge in [0.1, 0.15) is 5.75 Å². The SMILES string of the molecule is NCc1ccc(-c2ccc3c(c2)CCO3)cc1Cl. The normalized spacial score (nSPS) is 13.2. The van der Waals surface area contributed by atoms with Gasteiger partial charge in [0.2, 0.25) is 0 Å². The molecule has 1 aliphatic rings. The molecule has 0 aromatic heterocycles. The maximum absolute atomic E-state index is 6.19. The van der Waals surface area contributed by atoms with Crippen LogP contribution >= 0.6 is 11.6 Å². The minimum Gasteiger partial charge on any atom is -0.493 e. The van der Waals surface area contributed by atoms with E-state index in [1.165, 1.54) is 11.1 Å². The zero-order chi connectivity index (χ0) is 12.5. The second-order valence-corrected chi connectivity index (χ2v) is 4.84. The summed E-state index contributed by atoms with van der Waals surface area (Å²) in [4.78, 5) is 0. The van der Waals surface area contributed by atoms with Crippen molar-refractivity contribution < 1.29 is 4.74 Å². The number of benzene rings is 2. The van der Waals surface area contributed by atoms with Gasteiger partial charge >= 0.3 is 0 Å². The molecule has 0 saturated heterocycles. The molecule has 92 valence electrons. The van der Waals surface area contributed by atoms with Crippen molar-refractivity contribution in [2.24, 2.45) is 5.73 Å². The Bertz CT molecular complexity index is 595. The predicted molar refractivity (Wildman–Crippen MR) is 74.0 cm³/mol. The first kappa shape index (κ1) is 11.6. The monoisotopic (exact) mass is 259 g/mol. The van der Waals surface area contributed by atoms with Crippen LogP contribution in [0.15, 0.2) is 36.4 Å². The van der Waals surface area contributed by atoms with Crippen molar-refractivity contribution in [2.75, 3.05) is 6.61 Å². The molecule has 0 saturated carbocycles. The van der Waals surface area contributed by atoms with Gasteiger partial charge in [0.05, 0.1) is 6.61 Å². The second-order valence-electron chi connectivity index (χ2n) is 4.43. The average molecular weight is 260 g/mol. The number of nitrogens with two attached hydrogens (primary N) is 1. The van der Waals surface area contributed by atoms with E-state index in [1.807, 2.05) is 18.2 Å². The van der Waals surface area contributed by atoms with Gasteiger partial charge in [-0.1, -0.05) is 29.8 Å². The van der Waals surface area contributed by atoms with E-state index in [-0.39, 0.29) is 0 Å². The van der Waals surface area contributed by atoms with Crippen LogP contribution in [-0.2, 0) is 13.0 Å². The van der Waals surface area contributed by atoms with E-state index < -0.39 is 0 Å². The van der Waals surface area contributed by atoms with Crippen LogP contribution in [0.4, 0.5) is 0 Å². The molecule has 2 nitrogen and oxygen atoms in total. The molecular weight excluding hydrogens is 246 g/mol. The third kappa shape index (κ3) is 1.98. The summed E-state index contributed by atoms with van der Waals surface area (Å²) in [6.45, 7) is 1.25. The molecule has 1 aliphatic heterocycles. The molecule has 3 heteroatoms. The Kier molecular flexibility index (Phi) is 2.98. The van der Waals surface area contributed by atoms with Crippen molar-refractivity contribution >= 4 is 11.6 Å². The highest BCUT2D eigenvalue weighted by atomic mass is 35.5. The highest BCUT2D eigenvalue weighted by Crippen LogP contribution is 2.32. The largest absolute Gasteiger partial charge is 0.493 e. The molecular formula is C15H14ClNO. The molecule has 0 spiro atoms.